The molecular formula is C23H25N3O3. The predicted molar refractivity (Wildman–Crippen MR) is 112 cm³/mol. The highest BCUT2D eigenvalue weighted by Gasteiger charge is 2.24. The Balaban J connectivity index is 1.56. The zero-order chi connectivity index (χ0) is 20.2. The Labute approximate surface area is 170 Å². The van der Waals surface area contributed by atoms with E-state index in [9.17, 15) is 9.59 Å². The van der Waals surface area contributed by atoms with Crippen LogP contribution in [0.3, 0.4) is 0 Å². The van der Waals surface area contributed by atoms with Crippen molar-refractivity contribution in [2.45, 2.75) is 6.92 Å². The van der Waals surface area contributed by atoms with E-state index in [-0.39, 0.29) is 0 Å². The zero-order valence-electron chi connectivity index (χ0n) is 16.6. The van der Waals surface area contributed by atoms with Gasteiger partial charge in [0.15, 0.2) is 0 Å². The number of amides is 1. The summed E-state index contributed by atoms with van der Waals surface area (Å²) in [6.45, 7) is 6.30. The fourth-order valence-corrected chi connectivity index (χ4v) is 3.65. The third kappa shape index (κ3) is 4.23. The zero-order valence-corrected chi connectivity index (χ0v) is 16.6. The van der Waals surface area contributed by atoms with Crippen molar-refractivity contribution in [2.24, 2.45) is 0 Å². The Morgan fingerprint density at radius 2 is 1.83 bits per heavy atom. The van der Waals surface area contributed by atoms with E-state index >= 15 is 0 Å². The molecule has 1 aliphatic heterocycles. The van der Waals surface area contributed by atoms with Gasteiger partial charge in [-0.3, -0.25) is 14.5 Å². The molecule has 6 heteroatoms. The first-order chi connectivity index (χ1) is 14.1. The second kappa shape index (κ2) is 8.59. The number of Topliss-reactive ketones (excluding diaryl/α,β-unsaturated/α-hetero) is 1. The number of nitrogens with one attached hydrogen (secondary N) is 1. The summed E-state index contributed by atoms with van der Waals surface area (Å²) in [5.41, 5.74) is 4.11. The highest BCUT2D eigenvalue weighted by Crippen LogP contribution is 2.28. The smallest absolute Gasteiger partial charge is 0.294 e. The van der Waals surface area contributed by atoms with Crippen molar-refractivity contribution < 1.29 is 14.3 Å². The number of carbonyl (C=O) groups excluding carboxylic acids is 2. The fourth-order valence-electron chi connectivity index (χ4n) is 3.65. The summed E-state index contributed by atoms with van der Waals surface area (Å²) >= 11 is 0. The molecule has 1 fully saturated rings. The lowest BCUT2D eigenvalue weighted by molar-refractivity contribution is -0.117. The van der Waals surface area contributed by atoms with Gasteiger partial charge in [-0.1, -0.05) is 35.9 Å². The van der Waals surface area contributed by atoms with Gasteiger partial charge in [0.25, 0.3) is 11.7 Å². The molecule has 0 bridgehead atoms. The molecule has 3 heterocycles. The molecule has 29 heavy (non-hydrogen) atoms. The second-order valence-electron chi connectivity index (χ2n) is 7.31. The molecule has 1 aliphatic rings. The standard InChI is InChI=1S/C23H25N3O3/c1-17-5-7-18(8-6-17)20-16-19-4-2-3-10-26(19)21(20)22(27)23(28)24-9-11-25-12-14-29-15-13-25/h2-8,10,16H,9,11-15H2,1H3,(H,24,28). The summed E-state index contributed by atoms with van der Waals surface area (Å²) < 4.78 is 7.12. The number of fused-ring (bicyclic) bond motifs is 1. The minimum atomic E-state index is -0.574. The second-order valence-corrected chi connectivity index (χ2v) is 7.31. The van der Waals surface area contributed by atoms with Gasteiger partial charge in [-0.05, 0) is 30.7 Å². The molecule has 0 atom stereocenters. The SMILES string of the molecule is Cc1ccc(-c2cc3ccccn3c2C(=O)C(=O)NCCN2CCOCC2)cc1. The van der Waals surface area contributed by atoms with Gasteiger partial charge in [0.05, 0.1) is 13.2 Å². The number of ketones is 1. The molecule has 1 amide bonds. The number of aromatic nitrogens is 1. The molecular weight excluding hydrogens is 366 g/mol. The number of hydrogen-bond donors (Lipinski definition) is 1. The van der Waals surface area contributed by atoms with Crippen molar-refractivity contribution in [2.75, 3.05) is 39.4 Å². The molecule has 3 aromatic rings. The number of rotatable bonds is 6. The molecule has 6 nitrogen and oxygen atoms in total. The van der Waals surface area contributed by atoms with Crippen LogP contribution >= 0.6 is 0 Å². The lowest BCUT2D eigenvalue weighted by Gasteiger charge is -2.26. The quantitative estimate of drug-likeness (QED) is 0.518. The van der Waals surface area contributed by atoms with E-state index in [2.05, 4.69) is 10.2 Å². The van der Waals surface area contributed by atoms with Gasteiger partial charge in [-0.2, -0.15) is 0 Å². The van der Waals surface area contributed by atoms with E-state index in [4.69, 9.17) is 4.74 Å². The average Bonchev–Trinajstić information content (AvgIpc) is 3.14. The lowest BCUT2D eigenvalue weighted by atomic mass is 10.0. The molecule has 0 radical (unpaired) electrons. The Morgan fingerprint density at radius 3 is 2.59 bits per heavy atom. The first-order valence-corrected chi connectivity index (χ1v) is 9.93. The number of hydrogen-bond acceptors (Lipinski definition) is 4. The van der Waals surface area contributed by atoms with Gasteiger partial charge >= 0.3 is 0 Å². The number of ether oxygens (including phenoxy) is 1. The molecule has 0 spiro atoms. The van der Waals surface area contributed by atoms with Crippen LogP contribution in [0.5, 0.6) is 0 Å². The van der Waals surface area contributed by atoms with E-state index in [0.29, 0.717) is 32.0 Å². The summed E-state index contributed by atoms with van der Waals surface area (Å²) in [6.07, 6.45) is 1.82. The molecule has 0 unspecified atom stereocenters. The Hall–Kier alpha value is -2.96. The van der Waals surface area contributed by atoms with E-state index in [0.717, 1.165) is 35.3 Å². The summed E-state index contributed by atoms with van der Waals surface area (Å²) in [4.78, 5) is 28.0. The van der Waals surface area contributed by atoms with Crippen LogP contribution in [0.2, 0.25) is 0 Å². The van der Waals surface area contributed by atoms with Crippen molar-refractivity contribution in [1.29, 1.82) is 0 Å². The van der Waals surface area contributed by atoms with Crippen LogP contribution in [0.25, 0.3) is 16.6 Å². The van der Waals surface area contributed by atoms with Gasteiger partial charge in [0.1, 0.15) is 5.69 Å². The van der Waals surface area contributed by atoms with Crippen LogP contribution < -0.4 is 5.32 Å². The topological polar surface area (TPSA) is 63.0 Å². The molecule has 150 valence electrons. The molecule has 4 rings (SSSR count). The monoisotopic (exact) mass is 391 g/mol. The van der Waals surface area contributed by atoms with Crippen molar-refractivity contribution in [3.8, 4) is 11.1 Å². The number of pyridine rings is 1. The maximum absolute atomic E-state index is 13.1. The number of aryl methyl sites for hydroxylation is 1. The van der Waals surface area contributed by atoms with Crippen molar-refractivity contribution in [1.82, 2.24) is 14.6 Å². The van der Waals surface area contributed by atoms with Crippen LogP contribution in [0, 0.1) is 6.92 Å². The van der Waals surface area contributed by atoms with Crippen molar-refractivity contribution in [3.05, 3.63) is 66.0 Å². The van der Waals surface area contributed by atoms with Gasteiger partial charge in [-0.15, -0.1) is 0 Å². The van der Waals surface area contributed by atoms with E-state index in [1.54, 1.807) is 4.40 Å². The first kappa shape index (κ1) is 19.4. The largest absolute Gasteiger partial charge is 0.379 e. The fraction of sp³-hybridized carbons (Fsp3) is 0.304. The van der Waals surface area contributed by atoms with Crippen LogP contribution in [-0.4, -0.2) is 60.4 Å². The third-order valence-corrected chi connectivity index (χ3v) is 5.28. The van der Waals surface area contributed by atoms with Crippen LogP contribution in [0.1, 0.15) is 16.1 Å². The molecule has 0 saturated carbocycles. The van der Waals surface area contributed by atoms with Gasteiger partial charge in [0.2, 0.25) is 0 Å². The summed E-state index contributed by atoms with van der Waals surface area (Å²) in [7, 11) is 0. The predicted octanol–water partition coefficient (Wildman–Crippen LogP) is 2.55. The maximum atomic E-state index is 13.1. The van der Waals surface area contributed by atoms with Crippen molar-refractivity contribution in [3.63, 3.8) is 0 Å². The number of morpholine rings is 1. The normalized spacial score (nSPS) is 14.8. The Bertz CT molecular complexity index is 1020. The lowest BCUT2D eigenvalue weighted by Crippen LogP contribution is -2.42. The minimum Gasteiger partial charge on any atom is -0.379 e. The third-order valence-electron chi connectivity index (χ3n) is 5.28. The number of carbonyl (C=O) groups is 2. The van der Waals surface area contributed by atoms with Gasteiger partial charge in [-0.25, -0.2) is 0 Å². The van der Waals surface area contributed by atoms with Gasteiger partial charge in [0, 0.05) is 43.5 Å². The highest BCUT2D eigenvalue weighted by molar-refractivity contribution is 6.43. The number of nitrogens with zero attached hydrogens (tertiary/aromatic N) is 2. The summed E-state index contributed by atoms with van der Waals surface area (Å²) in [5, 5.41) is 2.79. The van der Waals surface area contributed by atoms with Crippen LogP contribution in [0.15, 0.2) is 54.7 Å². The number of benzene rings is 1. The molecule has 1 saturated heterocycles. The Morgan fingerprint density at radius 1 is 1.07 bits per heavy atom. The Kier molecular flexibility index (Phi) is 5.74. The molecule has 1 aromatic carbocycles. The van der Waals surface area contributed by atoms with Gasteiger partial charge < -0.3 is 14.5 Å². The summed E-state index contributed by atoms with van der Waals surface area (Å²) in [5.74, 6) is -1.09. The van der Waals surface area contributed by atoms with E-state index in [1.165, 1.54) is 0 Å². The van der Waals surface area contributed by atoms with Crippen LogP contribution in [0.4, 0.5) is 0 Å². The molecule has 0 aliphatic carbocycles. The van der Waals surface area contributed by atoms with E-state index < -0.39 is 11.7 Å². The minimum absolute atomic E-state index is 0.397. The maximum Gasteiger partial charge on any atom is 0.294 e. The van der Waals surface area contributed by atoms with E-state index in [1.807, 2.05) is 61.7 Å². The first-order valence-electron chi connectivity index (χ1n) is 9.93. The molecule has 2 aromatic heterocycles. The summed E-state index contributed by atoms with van der Waals surface area (Å²) in [6, 6.07) is 15.7. The highest BCUT2D eigenvalue weighted by atomic mass is 16.5. The van der Waals surface area contributed by atoms with Crippen LogP contribution in [-0.2, 0) is 9.53 Å². The van der Waals surface area contributed by atoms with Crippen molar-refractivity contribution >= 4 is 17.2 Å². The average molecular weight is 391 g/mol. The molecule has 1 N–H and O–H groups in total.